The van der Waals surface area contributed by atoms with Crippen molar-refractivity contribution in [2.75, 3.05) is 47.0 Å². The predicted octanol–water partition coefficient (Wildman–Crippen LogP) is 1.32. The number of benzene rings is 1. The monoisotopic (exact) mass is 446 g/mol. The maximum absolute atomic E-state index is 13.1. The van der Waals surface area contributed by atoms with Gasteiger partial charge in [0.1, 0.15) is 18.3 Å². The van der Waals surface area contributed by atoms with Crippen LogP contribution in [-0.2, 0) is 20.9 Å². The molecule has 2 aliphatic heterocycles. The molecule has 0 radical (unpaired) electrons. The predicted molar refractivity (Wildman–Crippen MR) is 119 cm³/mol. The Labute approximate surface area is 189 Å². The van der Waals surface area contributed by atoms with Gasteiger partial charge >= 0.3 is 6.03 Å². The van der Waals surface area contributed by atoms with E-state index in [1.165, 1.54) is 0 Å². The van der Waals surface area contributed by atoms with Crippen LogP contribution < -0.4 is 10.1 Å². The lowest BCUT2D eigenvalue weighted by Crippen LogP contribution is -2.61. The first-order chi connectivity index (χ1) is 15.3. The molecule has 0 spiro atoms. The number of rotatable bonds is 10. The van der Waals surface area contributed by atoms with Crippen LogP contribution in [0.15, 0.2) is 24.3 Å². The third-order valence-electron chi connectivity index (χ3n) is 5.92. The largest absolute Gasteiger partial charge is 0.497 e. The lowest BCUT2D eigenvalue weighted by atomic mass is 9.97. The van der Waals surface area contributed by atoms with Crippen molar-refractivity contribution < 1.29 is 23.9 Å². The van der Waals surface area contributed by atoms with E-state index in [1.54, 1.807) is 28.9 Å². The second-order valence-electron chi connectivity index (χ2n) is 8.77. The zero-order chi connectivity index (χ0) is 23.3. The Bertz CT molecular complexity index is 813. The van der Waals surface area contributed by atoms with Crippen molar-refractivity contribution in [2.45, 2.75) is 38.9 Å². The van der Waals surface area contributed by atoms with Crippen molar-refractivity contribution in [2.24, 2.45) is 5.92 Å². The summed E-state index contributed by atoms with van der Waals surface area (Å²) in [5.41, 5.74) is 0.945. The molecular weight excluding hydrogens is 412 g/mol. The Morgan fingerprint density at radius 1 is 1.12 bits per heavy atom. The van der Waals surface area contributed by atoms with Crippen molar-refractivity contribution in [1.82, 2.24) is 20.0 Å². The molecule has 0 unspecified atom stereocenters. The Morgan fingerprint density at radius 3 is 2.44 bits per heavy atom. The van der Waals surface area contributed by atoms with Gasteiger partial charge in [-0.15, -0.1) is 0 Å². The van der Waals surface area contributed by atoms with Crippen molar-refractivity contribution in [3.63, 3.8) is 0 Å². The lowest BCUT2D eigenvalue weighted by Gasteiger charge is -2.42. The van der Waals surface area contributed by atoms with Crippen LogP contribution in [0.3, 0.4) is 0 Å². The van der Waals surface area contributed by atoms with Crippen molar-refractivity contribution in [1.29, 1.82) is 0 Å². The normalized spacial score (nSPS) is 20.7. The number of carbonyl (C=O) groups excluding carboxylic acids is 3. The van der Waals surface area contributed by atoms with Gasteiger partial charge in [-0.3, -0.25) is 9.59 Å². The summed E-state index contributed by atoms with van der Waals surface area (Å²) in [5.74, 6) is 0.759. The highest BCUT2D eigenvalue weighted by atomic mass is 16.5. The zero-order valence-electron chi connectivity index (χ0n) is 19.4. The Hall–Kier alpha value is -2.81. The molecule has 176 valence electrons. The average Bonchev–Trinajstić information content (AvgIpc) is 3.08. The standard InChI is InChI=1S/C23H34N4O5/c1-16(2)11-20-22(29)25(9-10-31-3)13-18-14-26(23(30)27(18)20)15-21(28)24-12-17-5-7-19(32-4)8-6-17/h5-8,16,18,20H,9-15H2,1-4H3,(H,24,28)/t18-,20-/m0/s1. The molecular formula is C23H34N4O5. The molecule has 2 fully saturated rings. The molecule has 9 nitrogen and oxygen atoms in total. The van der Waals surface area contributed by atoms with Gasteiger partial charge in [-0.25, -0.2) is 4.79 Å². The number of amides is 4. The summed E-state index contributed by atoms with van der Waals surface area (Å²) in [6.07, 6.45) is 0.599. The smallest absolute Gasteiger partial charge is 0.321 e. The van der Waals surface area contributed by atoms with E-state index in [0.29, 0.717) is 39.2 Å². The van der Waals surface area contributed by atoms with Crippen molar-refractivity contribution >= 4 is 17.8 Å². The summed E-state index contributed by atoms with van der Waals surface area (Å²) in [6.45, 7) is 6.29. The van der Waals surface area contributed by atoms with E-state index in [-0.39, 0.29) is 36.3 Å². The summed E-state index contributed by atoms with van der Waals surface area (Å²) in [6, 6.07) is 6.60. The summed E-state index contributed by atoms with van der Waals surface area (Å²) >= 11 is 0. The second kappa shape index (κ2) is 10.7. The third kappa shape index (κ3) is 5.51. The van der Waals surface area contributed by atoms with Gasteiger partial charge in [0, 0.05) is 33.3 Å². The van der Waals surface area contributed by atoms with Crippen LogP contribution >= 0.6 is 0 Å². The maximum atomic E-state index is 13.1. The number of methoxy groups -OCH3 is 2. The summed E-state index contributed by atoms with van der Waals surface area (Å²) in [5, 5.41) is 2.87. The number of hydrogen-bond acceptors (Lipinski definition) is 5. The summed E-state index contributed by atoms with van der Waals surface area (Å²) in [4.78, 5) is 43.8. The number of piperazine rings is 1. The molecule has 1 aromatic carbocycles. The molecule has 1 aromatic rings. The molecule has 0 aliphatic carbocycles. The first-order valence-corrected chi connectivity index (χ1v) is 11.1. The highest BCUT2D eigenvalue weighted by Crippen LogP contribution is 2.29. The van der Waals surface area contributed by atoms with E-state index >= 15 is 0 Å². The molecule has 0 aromatic heterocycles. The van der Waals surface area contributed by atoms with Crippen molar-refractivity contribution in [3.05, 3.63) is 29.8 Å². The number of fused-ring (bicyclic) bond motifs is 1. The molecule has 0 saturated carbocycles. The molecule has 1 N–H and O–H groups in total. The van der Waals surface area contributed by atoms with Gasteiger partial charge in [0.2, 0.25) is 11.8 Å². The number of nitrogens with zero attached hydrogens (tertiary/aromatic N) is 3. The molecule has 4 amide bonds. The first kappa shape index (κ1) is 23.8. The van der Waals surface area contributed by atoms with E-state index in [0.717, 1.165) is 11.3 Å². The molecule has 2 atom stereocenters. The zero-order valence-corrected chi connectivity index (χ0v) is 19.4. The van der Waals surface area contributed by atoms with Crippen LogP contribution in [0, 0.1) is 5.92 Å². The molecule has 3 rings (SSSR count). The number of nitrogens with one attached hydrogen (secondary N) is 1. The number of urea groups is 1. The minimum atomic E-state index is -0.495. The molecule has 2 aliphatic rings. The fraction of sp³-hybridized carbons (Fsp3) is 0.609. The van der Waals surface area contributed by atoms with Gasteiger partial charge < -0.3 is 29.5 Å². The van der Waals surface area contributed by atoms with E-state index < -0.39 is 6.04 Å². The highest BCUT2D eigenvalue weighted by Gasteiger charge is 2.49. The van der Waals surface area contributed by atoms with Crippen LogP contribution in [0.2, 0.25) is 0 Å². The van der Waals surface area contributed by atoms with Gasteiger partial charge in [0.15, 0.2) is 0 Å². The van der Waals surface area contributed by atoms with Crippen LogP contribution in [0.4, 0.5) is 4.79 Å². The van der Waals surface area contributed by atoms with E-state index in [1.807, 2.05) is 38.1 Å². The van der Waals surface area contributed by atoms with E-state index in [4.69, 9.17) is 9.47 Å². The fourth-order valence-electron chi connectivity index (χ4n) is 4.32. The van der Waals surface area contributed by atoms with Gasteiger partial charge in [0.25, 0.3) is 0 Å². The lowest BCUT2D eigenvalue weighted by molar-refractivity contribution is -0.143. The second-order valence-corrected chi connectivity index (χ2v) is 8.77. The quantitative estimate of drug-likeness (QED) is 0.585. The average molecular weight is 447 g/mol. The SMILES string of the molecule is COCCN1C[C@H]2CN(CC(=O)NCc3ccc(OC)cc3)C(=O)N2[C@@H](CC(C)C)C1=O. The number of ether oxygens (including phenoxy) is 2. The summed E-state index contributed by atoms with van der Waals surface area (Å²) < 4.78 is 10.3. The van der Waals surface area contributed by atoms with Gasteiger partial charge in [0.05, 0.1) is 19.8 Å². The third-order valence-corrected chi connectivity index (χ3v) is 5.92. The van der Waals surface area contributed by atoms with Crippen molar-refractivity contribution in [3.8, 4) is 5.75 Å². The van der Waals surface area contributed by atoms with Gasteiger partial charge in [-0.2, -0.15) is 0 Å². The van der Waals surface area contributed by atoms with Crippen LogP contribution in [0.25, 0.3) is 0 Å². The Kier molecular flexibility index (Phi) is 7.95. The van der Waals surface area contributed by atoms with E-state index in [9.17, 15) is 14.4 Å². The molecule has 2 saturated heterocycles. The van der Waals surface area contributed by atoms with Gasteiger partial charge in [-0.1, -0.05) is 26.0 Å². The molecule has 2 heterocycles. The fourth-order valence-corrected chi connectivity index (χ4v) is 4.32. The number of carbonyl (C=O) groups is 3. The van der Waals surface area contributed by atoms with Crippen LogP contribution in [-0.4, -0.2) is 91.6 Å². The Morgan fingerprint density at radius 2 is 1.81 bits per heavy atom. The maximum Gasteiger partial charge on any atom is 0.321 e. The highest BCUT2D eigenvalue weighted by molar-refractivity contribution is 5.91. The number of hydrogen-bond donors (Lipinski definition) is 1. The summed E-state index contributed by atoms with van der Waals surface area (Å²) in [7, 11) is 3.21. The topological polar surface area (TPSA) is 91.4 Å². The van der Waals surface area contributed by atoms with Crippen LogP contribution in [0.5, 0.6) is 5.75 Å². The van der Waals surface area contributed by atoms with Crippen LogP contribution in [0.1, 0.15) is 25.8 Å². The molecule has 9 heteroatoms. The van der Waals surface area contributed by atoms with E-state index in [2.05, 4.69) is 5.32 Å². The minimum absolute atomic E-state index is 0.0252. The minimum Gasteiger partial charge on any atom is -0.497 e. The Balaban J connectivity index is 1.62. The first-order valence-electron chi connectivity index (χ1n) is 11.1. The molecule has 32 heavy (non-hydrogen) atoms. The molecule has 0 bridgehead atoms. The van der Waals surface area contributed by atoms with Gasteiger partial charge in [-0.05, 0) is 30.0 Å².